The molecule has 0 unspecified atom stereocenters. The fraction of sp³-hybridized carbons (Fsp3) is 0.389. The van der Waals surface area contributed by atoms with Gasteiger partial charge in [-0.2, -0.15) is 0 Å². The van der Waals surface area contributed by atoms with E-state index in [0.29, 0.717) is 36.9 Å². The lowest BCUT2D eigenvalue weighted by atomic mass is 10.3. The summed E-state index contributed by atoms with van der Waals surface area (Å²) in [6.07, 6.45) is 1.85. The molecule has 1 aromatic heterocycles. The highest BCUT2D eigenvalue weighted by Gasteiger charge is 2.19. The van der Waals surface area contributed by atoms with E-state index < -0.39 is 5.97 Å². The van der Waals surface area contributed by atoms with E-state index in [1.54, 1.807) is 24.3 Å². The molecule has 2 amide bonds. The Balaban J connectivity index is 2.04. The standard InChI is InChI=1S/C18H22ClN3O5/c1-3-26-10-4-9-22(11-16-21-15(12-27-16)17(23)25-2)18(24)20-14-7-5-13(19)6-8-14/h5-8,12H,3-4,9-11H2,1-2H3,(H,20,24). The van der Waals surface area contributed by atoms with Crippen LogP contribution in [-0.2, 0) is 16.0 Å². The van der Waals surface area contributed by atoms with Crippen LogP contribution in [0.25, 0.3) is 0 Å². The molecule has 0 spiro atoms. The van der Waals surface area contributed by atoms with Crippen LogP contribution in [0.5, 0.6) is 0 Å². The van der Waals surface area contributed by atoms with Crippen molar-refractivity contribution in [3.05, 3.63) is 47.1 Å². The molecular formula is C18H22ClN3O5. The number of hydrogen-bond acceptors (Lipinski definition) is 6. The number of carbonyl (C=O) groups excluding carboxylic acids is 2. The van der Waals surface area contributed by atoms with Crippen molar-refractivity contribution < 1.29 is 23.5 Å². The molecule has 8 nitrogen and oxygen atoms in total. The Hall–Kier alpha value is -2.58. The summed E-state index contributed by atoms with van der Waals surface area (Å²) in [6, 6.07) is 6.46. The molecule has 0 radical (unpaired) electrons. The molecule has 0 saturated heterocycles. The number of carbonyl (C=O) groups is 2. The van der Waals surface area contributed by atoms with Crippen molar-refractivity contribution >= 4 is 29.3 Å². The van der Waals surface area contributed by atoms with Gasteiger partial charge in [-0.1, -0.05) is 11.6 Å². The van der Waals surface area contributed by atoms with Gasteiger partial charge in [-0.15, -0.1) is 0 Å². The molecule has 1 heterocycles. The number of methoxy groups -OCH3 is 1. The lowest BCUT2D eigenvalue weighted by Gasteiger charge is -2.21. The largest absolute Gasteiger partial charge is 0.464 e. The van der Waals surface area contributed by atoms with Crippen LogP contribution in [0.2, 0.25) is 5.02 Å². The maximum absolute atomic E-state index is 12.6. The molecule has 9 heteroatoms. The molecule has 0 aliphatic heterocycles. The van der Waals surface area contributed by atoms with Crippen LogP contribution < -0.4 is 5.32 Å². The zero-order valence-electron chi connectivity index (χ0n) is 15.2. The second-order valence-electron chi connectivity index (χ2n) is 5.53. The topological polar surface area (TPSA) is 93.9 Å². The summed E-state index contributed by atoms with van der Waals surface area (Å²) in [6.45, 7) is 3.57. The summed E-state index contributed by atoms with van der Waals surface area (Å²) in [5.41, 5.74) is 0.668. The van der Waals surface area contributed by atoms with Gasteiger partial charge in [-0.25, -0.2) is 14.6 Å². The van der Waals surface area contributed by atoms with Gasteiger partial charge in [-0.05, 0) is 37.6 Å². The maximum atomic E-state index is 12.6. The Morgan fingerprint density at radius 3 is 2.70 bits per heavy atom. The highest BCUT2D eigenvalue weighted by Crippen LogP contribution is 2.15. The number of rotatable bonds is 9. The molecule has 0 bridgehead atoms. The summed E-state index contributed by atoms with van der Waals surface area (Å²) in [7, 11) is 1.26. The van der Waals surface area contributed by atoms with Crippen LogP contribution in [0.4, 0.5) is 10.5 Å². The lowest BCUT2D eigenvalue weighted by Crippen LogP contribution is -2.35. The highest BCUT2D eigenvalue weighted by molar-refractivity contribution is 6.30. The SMILES string of the molecule is CCOCCCN(Cc1nc(C(=O)OC)co1)C(=O)Nc1ccc(Cl)cc1. The van der Waals surface area contributed by atoms with Crippen molar-refractivity contribution in [1.82, 2.24) is 9.88 Å². The minimum Gasteiger partial charge on any atom is -0.464 e. The van der Waals surface area contributed by atoms with Gasteiger partial charge in [0.2, 0.25) is 5.89 Å². The quantitative estimate of drug-likeness (QED) is 0.515. The second kappa shape index (κ2) is 10.5. The number of urea groups is 1. The fourth-order valence-electron chi connectivity index (χ4n) is 2.24. The van der Waals surface area contributed by atoms with Gasteiger partial charge in [0.1, 0.15) is 6.26 Å². The van der Waals surface area contributed by atoms with Gasteiger partial charge in [0, 0.05) is 30.5 Å². The zero-order chi connectivity index (χ0) is 19.6. The number of ether oxygens (including phenoxy) is 2. The summed E-state index contributed by atoms with van der Waals surface area (Å²) in [5, 5.41) is 3.38. The van der Waals surface area contributed by atoms with Gasteiger partial charge < -0.3 is 24.1 Å². The van der Waals surface area contributed by atoms with Crippen molar-refractivity contribution in [1.29, 1.82) is 0 Å². The van der Waals surface area contributed by atoms with Crippen molar-refractivity contribution in [2.75, 3.05) is 32.2 Å². The van der Waals surface area contributed by atoms with E-state index in [1.165, 1.54) is 18.3 Å². The summed E-state index contributed by atoms with van der Waals surface area (Å²) in [5.74, 6) is -0.364. The average Bonchev–Trinajstić information content (AvgIpc) is 3.14. The van der Waals surface area contributed by atoms with Crippen molar-refractivity contribution in [2.24, 2.45) is 0 Å². The molecule has 2 rings (SSSR count). The van der Waals surface area contributed by atoms with Crippen LogP contribution in [0, 0.1) is 0 Å². The number of nitrogens with zero attached hydrogens (tertiary/aromatic N) is 2. The molecule has 0 fully saturated rings. The minimum absolute atomic E-state index is 0.0554. The molecule has 2 aromatic rings. The number of esters is 1. The smallest absolute Gasteiger partial charge is 0.360 e. The summed E-state index contributed by atoms with van der Waals surface area (Å²) >= 11 is 5.86. The fourth-order valence-corrected chi connectivity index (χ4v) is 2.36. The van der Waals surface area contributed by atoms with Gasteiger partial charge in [-0.3, -0.25) is 0 Å². The van der Waals surface area contributed by atoms with E-state index in [0.717, 1.165) is 0 Å². The van der Waals surface area contributed by atoms with E-state index in [4.69, 9.17) is 20.8 Å². The predicted molar refractivity (Wildman–Crippen MR) is 99.8 cm³/mol. The number of anilines is 1. The molecule has 27 heavy (non-hydrogen) atoms. The molecule has 146 valence electrons. The third-order valence-electron chi connectivity index (χ3n) is 3.58. The Bertz CT molecular complexity index is 748. The third kappa shape index (κ3) is 6.58. The molecule has 0 aliphatic rings. The zero-order valence-corrected chi connectivity index (χ0v) is 16.0. The second-order valence-corrected chi connectivity index (χ2v) is 5.96. The Labute approximate surface area is 162 Å². The van der Waals surface area contributed by atoms with Crippen LogP contribution in [-0.4, -0.2) is 48.8 Å². The van der Waals surface area contributed by atoms with Crippen LogP contribution >= 0.6 is 11.6 Å². The summed E-state index contributed by atoms with van der Waals surface area (Å²) in [4.78, 5) is 29.7. The number of oxazole rings is 1. The van der Waals surface area contributed by atoms with Crippen LogP contribution in [0.15, 0.2) is 34.9 Å². The average molecular weight is 396 g/mol. The number of amides is 2. The molecule has 0 aliphatic carbocycles. The Kier molecular flexibility index (Phi) is 8.09. The number of aromatic nitrogens is 1. The first kappa shape index (κ1) is 20.7. The number of benzene rings is 1. The predicted octanol–water partition coefficient (Wildman–Crippen LogP) is 3.58. The van der Waals surface area contributed by atoms with Crippen molar-refractivity contribution in [3.8, 4) is 0 Å². The van der Waals surface area contributed by atoms with Crippen LogP contribution in [0.1, 0.15) is 29.7 Å². The molecular weight excluding hydrogens is 374 g/mol. The van der Waals surface area contributed by atoms with Crippen LogP contribution in [0.3, 0.4) is 0 Å². The highest BCUT2D eigenvalue weighted by atomic mass is 35.5. The van der Waals surface area contributed by atoms with E-state index in [1.807, 2.05) is 6.92 Å². The summed E-state index contributed by atoms with van der Waals surface area (Å²) < 4.78 is 15.2. The first-order chi connectivity index (χ1) is 13.0. The molecule has 0 saturated carbocycles. The van der Waals surface area contributed by atoms with E-state index in [-0.39, 0.29) is 24.2 Å². The Morgan fingerprint density at radius 1 is 1.30 bits per heavy atom. The molecule has 0 atom stereocenters. The number of halogens is 1. The third-order valence-corrected chi connectivity index (χ3v) is 3.83. The normalized spacial score (nSPS) is 10.5. The van der Waals surface area contributed by atoms with Crippen molar-refractivity contribution in [3.63, 3.8) is 0 Å². The molecule has 1 aromatic carbocycles. The molecule has 1 N–H and O–H groups in total. The number of hydrogen-bond donors (Lipinski definition) is 1. The first-order valence-electron chi connectivity index (χ1n) is 8.45. The monoisotopic (exact) mass is 395 g/mol. The van der Waals surface area contributed by atoms with Gasteiger partial charge >= 0.3 is 12.0 Å². The van der Waals surface area contributed by atoms with Gasteiger partial charge in [0.05, 0.1) is 13.7 Å². The van der Waals surface area contributed by atoms with Gasteiger partial charge in [0.25, 0.3) is 0 Å². The lowest BCUT2D eigenvalue weighted by molar-refractivity contribution is 0.0594. The van der Waals surface area contributed by atoms with Crippen molar-refractivity contribution in [2.45, 2.75) is 19.9 Å². The van der Waals surface area contributed by atoms with E-state index in [2.05, 4.69) is 15.0 Å². The maximum Gasteiger partial charge on any atom is 0.360 e. The Morgan fingerprint density at radius 2 is 2.04 bits per heavy atom. The number of nitrogens with one attached hydrogen (secondary N) is 1. The van der Waals surface area contributed by atoms with Gasteiger partial charge in [0.15, 0.2) is 5.69 Å². The first-order valence-corrected chi connectivity index (χ1v) is 8.83. The van der Waals surface area contributed by atoms with E-state index >= 15 is 0 Å². The van der Waals surface area contributed by atoms with E-state index in [9.17, 15) is 9.59 Å². The minimum atomic E-state index is -0.599.